The van der Waals surface area contributed by atoms with Crippen molar-refractivity contribution in [3.63, 3.8) is 0 Å². The molecule has 0 bridgehead atoms. The number of aliphatic hydroxyl groups excluding tert-OH is 1. The second-order valence-corrected chi connectivity index (χ2v) is 8.10. The summed E-state index contributed by atoms with van der Waals surface area (Å²) in [5.74, 6) is -0.347. The number of aliphatic carboxylic acids is 1. The van der Waals surface area contributed by atoms with Crippen molar-refractivity contribution >= 4 is 23.7 Å². The molecular weight excluding hydrogens is 474 g/mol. The third-order valence-corrected chi connectivity index (χ3v) is 5.91. The summed E-state index contributed by atoms with van der Waals surface area (Å²) in [5, 5.41) is 19.0. The summed E-state index contributed by atoms with van der Waals surface area (Å²) in [6.45, 7) is -0.510. The van der Waals surface area contributed by atoms with Crippen LogP contribution in [0, 0.1) is 0 Å². The zero-order valence-corrected chi connectivity index (χ0v) is 19.8. The number of ether oxygens (including phenoxy) is 5. The number of Topliss-reactive ketones (excluding diaryl/α,β-unsaturated/α-hetero) is 1. The number of hydrogen-bond donors (Lipinski definition) is 2. The number of likely N-dealkylation sites (tertiary alicyclic amines) is 1. The lowest BCUT2D eigenvalue weighted by Crippen LogP contribution is -2.42. The maximum absolute atomic E-state index is 12.9. The van der Waals surface area contributed by atoms with Gasteiger partial charge >= 0.3 is 5.97 Å². The lowest BCUT2D eigenvalue weighted by molar-refractivity contribution is -0.148. The van der Waals surface area contributed by atoms with E-state index in [4.69, 9.17) is 23.7 Å². The van der Waals surface area contributed by atoms with E-state index >= 15 is 0 Å². The predicted octanol–water partition coefficient (Wildman–Crippen LogP) is 1.75. The normalized spacial score (nSPS) is 19.6. The number of β-amino-alcohol motifs (C(OH)–C–C–N with tert-alkyl or cyclic N) is 1. The number of benzene rings is 2. The summed E-state index contributed by atoms with van der Waals surface area (Å²) >= 11 is 0. The highest BCUT2D eigenvalue weighted by Gasteiger charge is 2.39. The van der Waals surface area contributed by atoms with Gasteiger partial charge in [0.1, 0.15) is 17.5 Å². The Bertz CT molecular complexity index is 1240. The number of carbonyl (C=O) groups excluding carboxylic acids is 2. The molecule has 1 unspecified atom stereocenters. The van der Waals surface area contributed by atoms with Gasteiger partial charge in [0.05, 0.1) is 33.0 Å². The molecule has 2 aliphatic rings. The highest BCUT2D eigenvalue weighted by atomic mass is 16.5. The molecule has 11 heteroatoms. The first-order valence-electron chi connectivity index (χ1n) is 11.0. The molecule has 0 aliphatic carbocycles. The van der Waals surface area contributed by atoms with E-state index in [1.165, 1.54) is 45.6 Å². The van der Waals surface area contributed by atoms with Gasteiger partial charge in [-0.1, -0.05) is 0 Å². The van der Waals surface area contributed by atoms with E-state index in [1.54, 1.807) is 12.1 Å². The lowest BCUT2D eigenvalue weighted by Gasteiger charge is -2.21. The van der Waals surface area contributed by atoms with Gasteiger partial charge in [0.25, 0.3) is 5.91 Å². The van der Waals surface area contributed by atoms with E-state index in [2.05, 4.69) is 0 Å². The Labute approximate surface area is 206 Å². The van der Waals surface area contributed by atoms with Crippen molar-refractivity contribution in [1.29, 1.82) is 0 Å². The van der Waals surface area contributed by atoms with Crippen LogP contribution in [0.15, 0.2) is 36.1 Å². The number of carboxylic acids is 1. The van der Waals surface area contributed by atoms with Gasteiger partial charge in [-0.05, 0) is 30.3 Å². The largest absolute Gasteiger partial charge is 0.493 e. The van der Waals surface area contributed by atoms with Crippen molar-refractivity contribution in [3.8, 4) is 28.7 Å². The van der Waals surface area contributed by atoms with E-state index in [0.29, 0.717) is 28.4 Å². The SMILES string of the molecule is COc1ccc(/C=C2\Oc3cc(OCC(=O)N4CC(O)C[C@H]4C(=O)O)ccc3C2=O)c(OC)c1OC. The third-order valence-electron chi connectivity index (χ3n) is 5.91. The second-order valence-electron chi connectivity index (χ2n) is 8.10. The van der Waals surface area contributed by atoms with E-state index in [0.717, 1.165) is 4.90 Å². The van der Waals surface area contributed by atoms with Crippen LogP contribution in [0.5, 0.6) is 28.7 Å². The predicted molar refractivity (Wildman–Crippen MR) is 125 cm³/mol. The van der Waals surface area contributed by atoms with Crippen LogP contribution in [-0.4, -0.2) is 79.4 Å². The van der Waals surface area contributed by atoms with Crippen LogP contribution in [0.25, 0.3) is 6.08 Å². The highest BCUT2D eigenvalue weighted by molar-refractivity contribution is 6.14. The number of aliphatic hydroxyl groups is 1. The number of methoxy groups -OCH3 is 3. The molecule has 2 atom stereocenters. The Morgan fingerprint density at radius 2 is 1.86 bits per heavy atom. The molecule has 4 rings (SSSR count). The average Bonchev–Trinajstić information content (AvgIpc) is 3.41. The van der Waals surface area contributed by atoms with Crippen molar-refractivity contribution in [3.05, 3.63) is 47.2 Å². The molecule has 2 aliphatic heterocycles. The van der Waals surface area contributed by atoms with Gasteiger partial charge in [0, 0.05) is 24.6 Å². The number of ketones is 1. The maximum Gasteiger partial charge on any atom is 0.326 e. The fraction of sp³-hybridized carbons (Fsp3) is 0.320. The Balaban J connectivity index is 1.50. The number of hydrogen-bond acceptors (Lipinski definition) is 9. The molecule has 1 amide bonds. The minimum absolute atomic E-state index is 0.0319. The molecule has 1 fully saturated rings. The Morgan fingerprint density at radius 3 is 2.53 bits per heavy atom. The molecule has 11 nitrogen and oxygen atoms in total. The number of amides is 1. The van der Waals surface area contributed by atoms with Crippen LogP contribution in [-0.2, 0) is 9.59 Å². The number of carbonyl (C=O) groups is 3. The molecule has 1 saturated heterocycles. The van der Waals surface area contributed by atoms with E-state index in [-0.39, 0.29) is 36.0 Å². The van der Waals surface area contributed by atoms with Crippen molar-refractivity contribution < 1.29 is 48.3 Å². The molecule has 2 aromatic rings. The number of carboxylic acid groups (broad SMARTS) is 1. The highest BCUT2D eigenvalue weighted by Crippen LogP contribution is 2.42. The summed E-state index contributed by atoms with van der Waals surface area (Å²) in [4.78, 5) is 37.8. The standard InChI is InChI=1S/C25H25NO10/c1-32-18-7-4-13(23(33-2)24(18)34-3)8-20-22(29)16-6-5-15(10-19(16)36-20)35-12-21(28)26-11-14(27)9-17(26)25(30)31/h4-8,10,14,17,27H,9,11-12H2,1-3H3,(H,30,31)/b20-8-/t14?,17-/m0/s1. The molecule has 190 valence electrons. The van der Waals surface area contributed by atoms with Crippen LogP contribution in [0.1, 0.15) is 22.3 Å². The lowest BCUT2D eigenvalue weighted by atomic mass is 10.1. The zero-order chi connectivity index (χ0) is 26.0. The monoisotopic (exact) mass is 499 g/mol. The van der Waals surface area contributed by atoms with Crippen LogP contribution in [0.3, 0.4) is 0 Å². The molecule has 2 N–H and O–H groups in total. The Morgan fingerprint density at radius 1 is 1.11 bits per heavy atom. The summed E-state index contributed by atoms with van der Waals surface area (Å²) in [6.07, 6.45) is 0.595. The Hall–Kier alpha value is -4.25. The van der Waals surface area contributed by atoms with Crippen LogP contribution < -0.4 is 23.7 Å². The van der Waals surface area contributed by atoms with E-state index < -0.39 is 30.6 Å². The first kappa shape index (κ1) is 24.9. The van der Waals surface area contributed by atoms with Gasteiger partial charge < -0.3 is 38.8 Å². The summed E-state index contributed by atoms with van der Waals surface area (Å²) < 4.78 is 27.4. The topological polar surface area (TPSA) is 141 Å². The van der Waals surface area contributed by atoms with Gasteiger partial charge in [-0.25, -0.2) is 4.79 Å². The fourth-order valence-corrected chi connectivity index (χ4v) is 4.19. The van der Waals surface area contributed by atoms with E-state index in [9.17, 15) is 24.6 Å². The fourth-order valence-electron chi connectivity index (χ4n) is 4.19. The van der Waals surface area contributed by atoms with Gasteiger partial charge in [-0.3, -0.25) is 9.59 Å². The minimum atomic E-state index is -1.19. The molecule has 0 aromatic heterocycles. The maximum atomic E-state index is 12.9. The quantitative estimate of drug-likeness (QED) is 0.516. The molecule has 36 heavy (non-hydrogen) atoms. The molecule has 0 spiro atoms. The molecule has 0 radical (unpaired) electrons. The zero-order valence-electron chi connectivity index (χ0n) is 19.8. The van der Waals surface area contributed by atoms with Crippen molar-refractivity contribution in [2.24, 2.45) is 0 Å². The first-order chi connectivity index (χ1) is 17.3. The summed E-state index contributed by atoms with van der Waals surface area (Å²) in [5.41, 5.74) is 0.849. The van der Waals surface area contributed by atoms with Gasteiger partial charge in [-0.2, -0.15) is 0 Å². The minimum Gasteiger partial charge on any atom is -0.493 e. The smallest absolute Gasteiger partial charge is 0.326 e. The van der Waals surface area contributed by atoms with Crippen molar-refractivity contribution in [1.82, 2.24) is 4.90 Å². The van der Waals surface area contributed by atoms with Crippen LogP contribution in [0.4, 0.5) is 0 Å². The third kappa shape index (κ3) is 4.65. The van der Waals surface area contributed by atoms with Crippen molar-refractivity contribution in [2.45, 2.75) is 18.6 Å². The number of nitrogens with zero attached hydrogens (tertiary/aromatic N) is 1. The number of rotatable bonds is 8. The van der Waals surface area contributed by atoms with Gasteiger partial charge in [-0.15, -0.1) is 0 Å². The number of fused-ring (bicyclic) bond motifs is 1. The van der Waals surface area contributed by atoms with Crippen LogP contribution in [0.2, 0.25) is 0 Å². The first-order valence-corrected chi connectivity index (χ1v) is 11.0. The van der Waals surface area contributed by atoms with Crippen LogP contribution >= 0.6 is 0 Å². The van der Waals surface area contributed by atoms with Crippen molar-refractivity contribution in [2.75, 3.05) is 34.5 Å². The average molecular weight is 499 g/mol. The molecule has 2 heterocycles. The summed E-state index contributed by atoms with van der Waals surface area (Å²) in [7, 11) is 4.45. The van der Waals surface area contributed by atoms with Gasteiger partial charge in [0.2, 0.25) is 11.5 Å². The second kappa shape index (κ2) is 10.2. The van der Waals surface area contributed by atoms with Gasteiger partial charge in [0.15, 0.2) is 23.9 Å². The summed E-state index contributed by atoms with van der Waals surface area (Å²) in [6, 6.07) is 6.79. The molecule has 0 saturated carbocycles. The Kier molecular flexibility index (Phi) is 7.02. The van der Waals surface area contributed by atoms with E-state index in [1.807, 2.05) is 0 Å². The molecule has 2 aromatic carbocycles. The molecular formula is C25H25NO10. The number of allylic oxidation sites excluding steroid dienone is 1.